The number of benzene rings is 1. The molecule has 1 aromatic carbocycles. The van der Waals surface area contributed by atoms with E-state index in [1.54, 1.807) is 19.5 Å². The third-order valence-electron chi connectivity index (χ3n) is 3.80. The van der Waals surface area contributed by atoms with E-state index in [1.165, 1.54) is 12.4 Å². The van der Waals surface area contributed by atoms with Crippen LogP contribution in [0.2, 0.25) is 0 Å². The zero-order valence-electron chi connectivity index (χ0n) is 15.5. The van der Waals surface area contributed by atoms with Crippen LogP contribution in [0.3, 0.4) is 0 Å². The predicted octanol–water partition coefficient (Wildman–Crippen LogP) is 2.30. The van der Waals surface area contributed by atoms with Gasteiger partial charge >= 0.3 is 0 Å². The molecule has 28 heavy (non-hydrogen) atoms. The van der Waals surface area contributed by atoms with Crippen LogP contribution in [-0.4, -0.2) is 41.1 Å². The summed E-state index contributed by atoms with van der Waals surface area (Å²) >= 11 is 0. The summed E-state index contributed by atoms with van der Waals surface area (Å²) in [4.78, 5) is 24.5. The van der Waals surface area contributed by atoms with Crippen molar-refractivity contribution in [3.8, 4) is 11.5 Å². The normalized spacial score (nSPS) is 10.2. The molecule has 0 atom stereocenters. The highest BCUT2D eigenvalue weighted by Crippen LogP contribution is 2.16. The summed E-state index contributed by atoms with van der Waals surface area (Å²) in [6.45, 7) is 1.39. The van der Waals surface area contributed by atoms with Crippen molar-refractivity contribution < 1.29 is 14.3 Å². The van der Waals surface area contributed by atoms with Crippen LogP contribution in [0.4, 0.5) is 5.82 Å². The topological polar surface area (TPSA) is 98.3 Å². The van der Waals surface area contributed by atoms with Gasteiger partial charge in [0, 0.05) is 18.9 Å². The second-order valence-electron chi connectivity index (χ2n) is 5.78. The first-order valence-corrected chi connectivity index (χ1v) is 8.74. The Morgan fingerprint density at radius 1 is 1.04 bits per heavy atom. The summed E-state index contributed by atoms with van der Waals surface area (Å²) < 4.78 is 10.7. The van der Waals surface area contributed by atoms with Crippen molar-refractivity contribution in [3.05, 3.63) is 72.4 Å². The summed E-state index contributed by atoms with van der Waals surface area (Å²) in [5.74, 6) is 1.83. The average molecular weight is 379 g/mol. The maximum Gasteiger partial charge on any atom is 0.271 e. The number of nitrogens with one attached hydrogen (secondary N) is 2. The summed E-state index contributed by atoms with van der Waals surface area (Å²) in [7, 11) is 1.62. The van der Waals surface area contributed by atoms with Crippen LogP contribution in [0.25, 0.3) is 0 Å². The lowest BCUT2D eigenvalue weighted by Gasteiger charge is -2.09. The number of nitrogens with zero attached hydrogens (tertiary/aromatic N) is 3. The maximum absolute atomic E-state index is 12.1. The highest BCUT2D eigenvalue weighted by Gasteiger charge is 2.07. The summed E-state index contributed by atoms with van der Waals surface area (Å²) in [6.07, 6.45) is 6.34. The van der Waals surface area contributed by atoms with E-state index >= 15 is 0 Å². The zero-order chi connectivity index (χ0) is 19.6. The van der Waals surface area contributed by atoms with Gasteiger partial charge in [0.15, 0.2) is 0 Å². The Kier molecular flexibility index (Phi) is 6.73. The Hall–Kier alpha value is -3.68. The molecule has 0 fully saturated rings. The van der Waals surface area contributed by atoms with Gasteiger partial charge < -0.3 is 20.1 Å². The molecular formula is C20H21N5O3. The van der Waals surface area contributed by atoms with Crippen molar-refractivity contribution in [2.24, 2.45) is 0 Å². The Morgan fingerprint density at radius 3 is 2.54 bits per heavy atom. The highest BCUT2D eigenvalue weighted by molar-refractivity contribution is 5.91. The maximum atomic E-state index is 12.1. The zero-order valence-corrected chi connectivity index (χ0v) is 15.5. The number of ether oxygens (including phenoxy) is 2. The van der Waals surface area contributed by atoms with Gasteiger partial charge in [-0.05, 0) is 35.9 Å². The molecule has 0 saturated heterocycles. The second-order valence-corrected chi connectivity index (χ2v) is 5.78. The first-order valence-electron chi connectivity index (χ1n) is 8.74. The molecule has 0 spiro atoms. The Morgan fingerprint density at radius 2 is 1.86 bits per heavy atom. The van der Waals surface area contributed by atoms with Crippen LogP contribution in [0.15, 0.2) is 61.2 Å². The summed E-state index contributed by atoms with van der Waals surface area (Å²) in [5.41, 5.74) is 1.17. The van der Waals surface area contributed by atoms with Gasteiger partial charge in [-0.1, -0.05) is 6.07 Å². The lowest BCUT2D eigenvalue weighted by molar-refractivity contribution is 0.0945. The number of carbonyl (C=O) groups is 1. The van der Waals surface area contributed by atoms with E-state index in [9.17, 15) is 4.79 Å². The van der Waals surface area contributed by atoms with E-state index in [4.69, 9.17) is 9.47 Å². The largest absolute Gasteiger partial charge is 0.497 e. The molecule has 2 aromatic heterocycles. The molecule has 8 heteroatoms. The SMILES string of the molecule is COc1ccc(OCCNc2cnc(C(=O)NCc3cccnc3)cn2)cc1. The average Bonchev–Trinajstić information content (AvgIpc) is 2.76. The predicted molar refractivity (Wildman–Crippen MR) is 104 cm³/mol. The molecule has 144 valence electrons. The van der Waals surface area contributed by atoms with E-state index in [1.807, 2.05) is 36.4 Å². The fraction of sp³-hybridized carbons (Fsp3) is 0.200. The van der Waals surface area contributed by atoms with Crippen LogP contribution in [0.1, 0.15) is 16.1 Å². The number of pyridine rings is 1. The molecule has 0 aliphatic rings. The third kappa shape index (κ3) is 5.66. The fourth-order valence-electron chi connectivity index (χ4n) is 2.33. The smallest absolute Gasteiger partial charge is 0.271 e. The summed E-state index contributed by atoms with van der Waals surface area (Å²) in [5, 5.41) is 5.88. The van der Waals surface area contributed by atoms with E-state index in [0.29, 0.717) is 25.5 Å². The minimum atomic E-state index is -0.286. The highest BCUT2D eigenvalue weighted by atomic mass is 16.5. The van der Waals surface area contributed by atoms with Crippen LogP contribution in [-0.2, 0) is 6.54 Å². The molecule has 0 radical (unpaired) electrons. The number of rotatable bonds is 9. The number of aromatic nitrogens is 3. The van der Waals surface area contributed by atoms with Gasteiger partial charge in [0.25, 0.3) is 5.91 Å². The molecule has 1 amide bonds. The Balaban J connectivity index is 1.40. The number of hydrogen-bond donors (Lipinski definition) is 2. The van der Waals surface area contributed by atoms with Crippen LogP contribution < -0.4 is 20.1 Å². The molecule has 0 unspecified atom stereocenters. The minimum Gasteiger partial charge on any atom is -0.497 e. The van der Waals surface area contributed by atoms with Gasteiger partial charge in [0.1, 0.15) is 29.6 Å². The first kappa shape index (κ1) is 19.1. The van der Waals surface area contributed by atoms with Crippen LogP contribution in [0.5, 0.6) is 11.5 Å². The second kappa shape index (κ2) is 9.86. The van der Waals surface area contributed by atoms with Crippen LogP contribution in [0, 0.1) is 0 Å². The lowest BCUT2D eigenvalue weighted by atomic mass is 10.3. The van der Waals surface area contributed by atoms with Crippen molar-refractivity contribution in [2.45, 2.75) is 6.54 Å². The van der Waals surface area contributed by atoms with Crippen molar-refractivity contribution in [1.82, 2.24) is 20.3 Å². The van der Waals surface area contributed by atoms with E-state index in [-0.39, 0.29) is 11.6 Å². The monoisotopic (exact) mass is 379 g/mol. The van der Waals surface area contributed by atoms with Gasteiger partial charge in [0.05, 0.1) is 26.0 Å². The van der Waals surface area contributed by atoms with Crippen molar-refractivity contribution in [3.63, 3.8) is 0 Å². The molecule has 3 aromatic rings. The van der Waals surface area contributed by atoms with E-state index in [0.717, 1.165) is 17.1 Å². The Labute approximate surface area is 163 Å². The Bertz CT molecular complexity index is 871. The van der Waals surface area contributed by atoms with E-state index in [2.05, 4.69) is 25.6 Å². The minimum absolute atomic E-state index is 0.254. The van der Waals surface area contributed by atoms with Gasteiger partial charge in [-0.15, -0.1) is 0 Å². The van der Waals surface area contributed by atoms with Crippen LogP contribution >= 0.6 is 0 Å². The quantitative estimate of drug-likeness (QED) is 0.551. The molecule has 0 aliphatic heterocycles. The first-order chi connectivity index (χ1) is 13.7. The standard InChI is InChI=1S/C20H21N5O3/c1-27-16-4-6-17(7-5-16)28-10-9-22-19-14-23-18(13-24-19)20(26)25-12-15-3-2-8-21-11-15/h2-8,11,13-14H,9-10,12H2,1H3,(H,22,24)(H,25,26). The number of carbonyl (C=O) groups excluding carboxylic acids is 1. The molecule has 0 saturated carbocycles. The number of anilines is 1. The van der Waals surface area contributed by atoms with Gasteiger partial charge in [-0.2, -0.15) is 0 Å². The molecule has 2 N–H and O–H groups in total. The summed E-state index contributed by atoms with van der Waals surface area (Å²) in [6, 6.07) is 11.1. The molecule has 0 bridgehead atoms. The molecule has 8 nitrogen and oxygen atoms in total. The third-order valence-corrected chi connectivity index (χ3v) is 3.80. The molecular weight excluding hydrogens is 358 g/mol. The molecule has 0 aliphatic carbocycles. The van der Waals surface area contributed by atoms with Crippen molar-refractivity contribution >= 4 is 11.7 Å². The number of methoxy groups -OCH3 is 1. The van der Waals surface area contributed by atoms with Gasteiger partial charge in [0.2, 0.25) is 0 Å². The number of hydrogen-bond acceptors (Lipinski definition) is 7. The van der Waals surface area contributed by atoms with Crippen molar-refractivity contribution in [1.29, 1.82) is 0 Å². The molecule has 2 heterocycles. The molecule has 3 rings (SSSR count). The van der Waals surface area contributed by atoms with E-state index < -0.39 is 0 Å². The number of amides is 1. The van der Waals surface area contributed by atoms with Gasteiger partial charge in [-0.25, -0.2) is 9.97 Å². The lowest BCUT2D eigenvalue weighted by Crippen LogP contribution is -2.24. The fourth-order valence-corrected chi connectivity index (χ4v) is 2.33. The van der Waals surface area contributed by atoms with Crippen molar-refractivity contribution in [2.75, 3.05) is 25.6 Å². The van der Waals surface area contributed by atoms with Gasteiger partial charge in [-0.3, -0.25) is 9.78 Å².